The molecule has 0 bridgehead atoms. The summed E-state index contributed by atoms with van der Waals surface area (Å²) >= 11 is 1.51. The number of rotatable bonds is 4. The monoisotopic (exact) mass is 396 g/mol. The Bertz CT molecular complexity index is 993. The SMILES string of the molecule is Cc1nnc(-c2ccc3cnc(NC(=O)[C@H]4CC[C@H](N(C)C)CC4)cc3n2)s1. The van der Waals surface area contributed by atoms with Gasteiger partial charge in [0.2, 0.25) is 5.91 Å². The number of aryl methyl sites for hydroxylation is 1. The molecule has 1 fully saturated rings. The largest absolute Gasteiger partial charge is 0.310 e. The normalized spacial score (nSPS) is 19.9. The van der Waals surface area contributed by atoms with E-state index in [1.165, 1.54) is 11.3 Å². The average Bonchev–Trinajstić information content (AvgIpc) is 3.14. The van der Waals surface area contributed by atoms with Gasteiger partial charge in [-0.05, 0) is 58.8 Å². The van der Waals surface area contributed by atoms with E-state index in [9.17, 15) is 4.79 Å². The number of carbonyl (C=O) groups is 1. The molecular formula is C20H24N6OS. The summed E-state index contributed by atoms with van der Waals surface area (Å²) in [6.45, 7) is 1.92. The number of pyridine rings is 2. The Morgan fingerprint density at radius 2 is 1.96 bits per heavy atom. The molecular weight excluding hydrogens is 372 g/mol. The van der Waals surface area contributed by atoms with E-state index in [1.807, 2.05) is 25.1 Å². The van der Waals surface area contributed by atoms with Crippen LogP contribution in [0.15, 0.2) is 24.4 Å². The molecule has 0 unspecified atom stereocenters. The van der Waals surface area contributed by atoms with Gasteiger partial charge in [-0.25, -0.2) is 9.97 Å². The minimum absolute atomic E-state index is 0.0531. The van der Waals surface area contributed by atoms with E-state index in [4.69, 9.17) is 0 Å². The van der Waals surface area contributed by atoms with Crippen molar-refractivity contribution in [1.29, 1.82) is 0 Å². The summed E-state index contributed by atoms with van der Waals surface area (Å²) in [7, 11) is 4.21. The van der Waals surface area contributed by atoms with E-state index in [-0.39, 0.29) is 11.8 Å². The second-order valence-corrected chi connectivity index (χ2v) is 8.72. The van der Waals surface area contributed by atoms with Gasteiger partial charge in [-0.3, -0.25) is 4.79 Å². The highest BCUT2D eigenvalue weighted by atomic mass is 32.1. The van der Waals surface area contributed by atoms with Crippen LogP contribution in [0.25, 0.3) is 21.6 Å². The van der Waals surface area contributed by atoms with Crippen LogP contribution in [0.5, 0.6) is 0 Å². The third-order valence-corrected chi connectivity index (χ3v) is 6.23. The van der Waals surface area contributed by atoms with Gasteiger partial charge in [0.25, 0.3) is 0 Å². The Balaban J connectivity index is 1.49. The molecule has 0 radical (unpaired) electrons. The minimum atomic E-state index is 0.0531. The van der Waals surface area contributed by atoms with Gasteiger partial charge in [0, 0.05) is 29.6 Å². The van der Waals surface area contributed by atoms with Crippen molar-refractivity contribution in [1.82, 2.24) is 25.1 Å². The standard InChI is InChI=1S/C20H24N6OS/c1-12-24-25-20(28-12)16-9-6-14-11-21-18(10-17(14)22-16)23-19(27)13-4-7-15(8-5-13)26(2)3/h6,9-11,13,15H,4-5,7-8H2,1-3H3,(H,21,23,27)/t13-,15-. The summed E-state index contributed by atoms with van der Waals surface area (Å²) in [4.78, 5) is 24.0. The highest BCUT2D eigenvalue weighted by molar-refractivity contribution is 7.14. The van der Waals surface area contributed by atoms with E-state index < -0.39 is 0 Å². The highest BCUT2D eigenvalue weighted by Gasteiger charge is 2.27. The average molecular weight is 397 g/mol. The van der Waals surface area contributed by atoms with Crippen LogP contribution in [-0.2, 0) is 4.79 Å². The Labute approximate surface area is 168 Å². The lowest BCUT2D eigenvalue weighted by Crippen LogP contribution is -2.35. The number of hydrogen-bond acceptors (Lipinski definition) is 7. The zero-order chi connectivity index (χ0) is 19.7. The molecule has 3 aromatic heterocycles. The van der Waals surface area contributed by atoms with Crippen LogP contribution in [-0.4, -0.2) is 51.1 Å². The van der Waals surface area contributed by atoms with Crippen molar-refractivity contribution in [3.05, 3.63) is 29.4 Å². The molecule has 0 atom stereocenters. The van der Waals surface area contributed by atoms with Crippen LogP contribution in [0.3, 0.4) is 0 Å². The fourth-order valence-corrected chi connectivity index (χ4v) is 4.35. The Morgan fingerprint density at radius 3 is 2.64 bits per heavy atom. The molecule has 1 aliphatic carbocycles. The predicted molar refractivity (Wildman–Crippen MR) is 111 cm³/mol. The molecule has 1 N–H and O–H groups in total. The summed E-state index contributed by atoms with van der Waals surface area (Å²) in [5.74, 6) is 0.655. The smallest absolute Gasteiger partial charge is 0.228 e. The molecule has 0 spiro atoms. The zero-order valence-electron chi connectivity index (χ0n) is 16.3. The van der Waals surface area contributed by atoms with Gasteiger partial charge in [0.05, 0.1) is 5.52 Å². The molecule has 0 aliphatic heterocycles. The number of nitrogens with one attached hydrogen (secondary N) is 1. The van der Waals surface area contributed by atoms with Gasteiger partial charge in [-0.2, -0.15) is 0 Å². The number of hydrogen-bond donors (Lipinski definition) is 1. The quantitative estimate of drug-likeness (QED) is 0.726. The fraction of sp³-hybridized carbons (Fsp3) is 0.450. The predicted octanol–water partition coefficient (Wildman–Crippen LogP) is 3.52. The maximum atomic E-state index is 12.7. The fourth-order valence-electron chi connectivity index (χ4n) is 3.69. The number of fused-ring (bicyclic) bond motifs is 1. The van der Waals surface area contributed by atoms with Gasteiger partial charge in [0.15, 0.2) is 5.01 Å². The molecule has 28 heavy (non-hydrogen) atoms. The van der Waals surface area contributed by atoms with Crippen molar-refractivity contribution < 1.29 is 4.79 Å². The summed E-state index contributed by atoms with van der Waals surface area (Å²) in [6.07, 6.45) is 5.70. The van der Waals surface area contributed by atoms with Crippen molar-refractivity contribution in [3.63, 3.8) is 0 Å². The van der Waals surface area contributed by atoms with Crippen LogP contribution in [0.2, 0.25) is 0 Å². The first-order chi connectivity index (χ1) is 13.5. The second kappa shape index (κ2) is 7.89. The number of nitrogens with zero attached hydrogens (tertiary/aromatic N) is 5. The molecule has 1 aliphatic rings. The Hall–Kier alpha value is -2.45. The molecule has 3 aromatic rings. The summed E-state index contributed by atoms with van der Waals surface area (Å²) in [6, 6.07) is 6.30. The maximum Gasteiger partial charge on any atom is 0.228 e. The summed E-state index contributed by atoms with van der Waals surface area (Å²) in [5.41, 5.74) is 1.57. The van der Waals surface area contributed by atoms with Crippen LogP contribution < -0.4 is 5.32 Å². The van der Waals surface area contributed by atoms with Crippen molar-refractivity contribution in [2.75, 3.05) is 19.4 Å². The summed E-state index contributed by atoms with van der Waals surface area (Å²) in [5, 5.41) is 13.8. The molecule has 7 nitrogen and oxygen atoms in total. The second-order valence-electron chi connectivity index (χ2n) is 7.54. The van der Waals surface area contributed by atoms with E-state index in [1.54, 1.807) is 6.20 Å². The lowest BCUT2D eigenvalue weighted by molar-refractivity contribution is -0.121. The van der Waals surface area contributed by atoms with Crippen molar-refractivity contribution in [2.45, 2.75) is 38.6 Å². The Kier molecular flexibility index (Phi) is 5.32. The number of anilines is 1. The van der Waals surface area contributed by atoms with Gasteiger partial charge in [0.1, 0.15) is 16.5 Å². The first-order valence-corrected chi connectivity index (χ1v) is 10.4. The van der Waals surface area contributed by atoms with Gasteiger partial charge in [-0.15, -0.1) is 10.2 Å². The van der Waals surface area contributed by atoms with Crippen molar-refractivity contribution >= 4 is 34.0 Å². The third kappa shape index (κ3) is 4.02. The first kappa shape index (κ1) is 18.9. The van der Waals surface area contributed by atoms with E-state index in [2.05, 4.69) is 44.5 Å². The van der Waals surface area contributed by atoms with Crippen LogP contribution in [0.4, 0.5) is 5.82 Å². The minimum Gasteiger partial charge on any atom is -0.310 e. The molecule has 0 saturated heterocycles. The molecule has 4 rings (SSSR count). The molecule has 1 amide bonds. The molecule has 146 valence electrons. The molecule has 0 aromatic carbocycles. The molecule has 3 heterocycles. The van der Waals surface area contributed by atoms with Gasteiger partial charge in [-0.1, -0.05) is 11.3 Å². The summed E-state index contributed by atoms with van der Waals surface area (Å²) < 4.78 is 0. The maximum absolute atomic E-state index is 12.7. The number of carbonyl (C=O) groups excluding carboxylic acids is 1. The number of amides is 1. The topological polar surface area (TPSA) is 83.9 Å². The van der Waals surface area contributed by atoms with Gasteiger partial charge < -0.3 is 10.2 Å². The van der Waals surface area contributed by atoms with Crippen LogP contribution >= 0.6 is 11.3 Å². The third-order valence-electron chi connectivity index (χ3n) is 5.37. The van der Waals surface area contributed by atoms with E-state index in [0.29, 0.717) is 11.9 Å². The lowest BCUT2D eigenvalue weighted by Gasteiger charge is -2.31. The van der Waals surface area contributed by atoms with Crippen LogP contribution in [0.1, 0.15) is 30.7 Å². The first-order valence-electron chi connectivity index (χ1n) is 9.54. The van der Waals surface area contributed by atoms with E-state index >= 15 is 0 Å². The van der Waals surface area contributed by atoms with Crippen molar-refractivity contribution in [2.24, 2.45) is 5.92 Å². The zero-order valence-corrected chi connectivity index (χ0v) is 17.2. The molecule has 1 saturated carbocycles. The van der Waals surface area contributed by atoms with Gasteiger partial charge >= 0.3 is 0 Å². The highest BCUT2D eigenvalue weighted by Crippen LogP contribution is 2.28. The van der Waals surface area contributed by atoms with E-state index in [0.717, 1.165) is 52.3 Å². The number of aromatic nitrogens is 4. The lowest BCUT2D eigenvalue weighted by atomic mass is 9.85. The van der Waals surface area contributed by atoms with Crippen molar-refractivity contribution in [3.8, 4) is 10.7 Å². The Morgan fingerprint density at radius 1 is 1.18 bits per heavy atom. The molecule has 8 heteroatoms. The van der Waals surface area contributed by atoms with Crippen LogP contribution in [0, 0.1) is 12.8 Å².